The largest absolute Gasteiger partial charge is 0.497 e. The molecule has 0 saturated heterocycles. The van der Waals surface area contributed by atoms with Crippen molar-refractivity contribution in [1.29, 1.82) is 0 Å². The first kappa shape index (κ1) is 23.0. The fraction of sp³-hybridized carbons (Fsp3) is 0.400. The molecule has 2 N–H and O–H groups in total. The molecule has 1 aromatic heterocycles. The highest BCUT2D eigenvalue weighted by Gasteiger charge is 2.04. The van der Waals surface area contributed by atoms with Crippen molar-refractivity contribution >= 4 is 29.9 Å². The van der Waals surface area contributed by atoms with Crippen molar-refractivity contribution in [2.24, 2.45) is 4.99 Å². The molecule has 7 heteroatoms. The van der Waals surface area contributed by atoms with Crippen LogP contribution >= 0.6 is 24.0 Å². The monoisotopic (exact) mass is 484 g/mol. The number of hydrogen-bond donors (Lipinski definition) is 2. The van der Waals surface area contributed by atoms with E-state index in [1.54, 1.807) is 13.3 Å². The Kier molecular flexibility index (Phi) is 10.5. The fourth-order valence-corrected chi connectivity index (χ4v) is 2.18. The van der Waals surface area contributed by atoms with Gasteiger partial charge in [-0.2, -0.15) is 0 Å². The van der Waals surface area contributed by atoms with Crippen LogP contribution in [-0.2, 0) is 6.54 Å². The number of hydrogen-bond acceptors (Lipinski definition) is 4. The molecule has 0 spiro atoms. The highest BCUT2D eigenvalue weighted by atomic mass is 127. The van der Waals surface area contributed by atoms with Gasteiger partial charge < -0.3 is 20.1 Å². The molecule has 0 bridgehead atoms. The van der Waals surface area contributed by atoms with Gasteiger partial charge in [-0.05, 0) is 38.0 Å². The quantitative estimate of drug-likeness (QED) is 0.331. The minimum atomic E-state index is 0. The van der Waals surface area contributed by atoms with Crippen molar-refractivity contribution in [1.82, 2.24) is 15.6 Å². The van der Waals surface area contributed by atoms with E-state index in [0.29, 0.717) is 24.2 Å². The minimum absolute atomic E-state index is 0. The maximum absolute atomic E-state index is 5.76. The molecule has 0 aliphatic heterocycles. The van der Waals surface area contributed by atoms with Crippen LogP contribution in [0, 0.1) is 0 Å². The van der Waals surface area contributed by atoms with Gasteiger partial charge in [0.15, 0.2) is 5.96 Å². The zero-order valence-electron chi connectivity index (χ0n) is 16.4. The molecule has 0 aliphatic carbocycles. The van der Waals surface area contributed by atoms with Crippen molar-refractivity contribution in [3.05, 3.63) is 48.2 Å². The second-order valence-electron chi connectivity index (χ2n) is 5.93. The van der Waals surface area contributed by atoms with Gasteiger partial charge in [-0.15, -0.1) is 24.0 Å². The van der Waals surface area contributed by atoms with E-state index in [4.69, 9.17) is 9.47 Å². The number of methoxy groups -OCH3 is 1. The zero-order chi connectivity index (χ0) is 18.8. The van der Waals surface area contributed by atoms with Crippen LogP contribution < -0.4 is 20.1 Å². The van der Waals surface area contributed by atoms with Crippen LogP contribution in [0.5, 0.6) is 17.4 Å². The molecule has 2 aromatic rings. The number of ether oxygens (including phenoxy) is 2. The number of pyridine rings is 1. The predicted molar refractivity (Wildman–Crippen MR) is 120 cm³/mol. The summed E-state index contributed by atoms with van der Waals surface area (Å²) in [6.07, 6.45) is 2.83. The van der Waals surface area contributed by atoms with Crippen molar-refractivity contribution in [2.75, 3.05) is 13.7 Å². The summed E-state index contributed by atoms with van der Waals surface area (Å²) in [5.41, 5.74) is 1.02. The van der Waals surface area contributed by atoms with Crippen molar-refractivity contribution in [3.63, 3.8) is 0 Å². The van der Waals surface area contributed by atoms with Crippen LogP contribution in [0.4, 0.5) is 0 Å². The van der Waals surface area contributed by atoms with E-state index in [1.165, 1.54) is 0 Å². The number of nitrogens with one attached hydrogen (secondary N) is 2. The Morgan fingerprint density at radius 1 is 1.19 bits per heavy atom. The van der Waals surface area contributed by atoms with Crippen LogP contribution in [0.25, 0.3) is 0 Å². The first-order valence-electron chi connectivity index (χ1n) is 8.96. The molecular weight excluding hydrogens is 455 g/mol. The Morgan fingerprint density at radius 2 is 1.96 bits per heavy atom. The number of guanidine groups is 1. The third-order valence-corrected chi connectivity index (χ3v) is 3.82. The summed E-state index contributed by atoms with van der Waals surface area (Å²) in [6.45, 7) is 7.72. The Hall–Kier alpha value is -2.03. The first-order valence-corrected chi connectivity index (χ1v) is 8.96. The Bertz CT molecular complexity index is 707. The summed E-state index contributed by atoms with van der Waals surface area (Å²) in [7, 11) is 1.63. The van der Waals surface area contributed by atoms with E-state index < -0.39 is 0 Å². The molecule has 1 atom stereocenters. The highest BCUT2D eigenvalue weighted by molar-refractivity contribution is 14.0. The Balaban J connectivity index is 0.00000364. The van der Waals surface area contributed by atoms with Crippen molar-refractivity contribution < 1.29 is 9.47 Å². The SMILES string of the molecule is CCNC(=NCc1ccc(Oc2cccc(OC)c2)nc1)NC(C)CC.I. The van der Waals surface area contributed by atoms with Gasteiger partial charge in [0.2, 0.25) is 5.88 Å². The van der Waals surface area contributed by atoms with Gasteiger partial charge in [0.05, 0.1) is 13.7 Å². The number of rotatable bonds is 8. The molecule has 0 amide bonds. The molecule has 0 aliphatic rings. The third kappa shape index (κ3) is 8.03. The molecule has 148 valence electrons. The van der Waals surface area contributed by atoms with E-state index in [9.17, 15) is 0 Å². The number of nitrogens with zero attached hydrogens (tertiary/aromatic N) is 2. The van der Waals surface area contributed by atoms with Crippen molar-refractivity contribution in [2.45, 2.75) is 39.8 Å². The van der Waals surface area contributed by atoms with Crippen LogP contribution in [0.15, 0.2) is 47.6 Å². The average Bonchev–Trinajstić information content (AvgIpc) is 2.67. The lowest BCUT2D eigenvalue weighted by molar-refractivity contribution is 0.407. The smallest absolute Gasteiger partial charge is 0.219 e. The molecule has 1 aromatic carbocycles. The van der Waals surface area contributed by atoms with Gasteiger partial charge in [-0.1, -0.05) is 19.1 Å². The topological polar surface area (TPSA) is 67.8 Å². The summed E-state index contributed by atoms with van der Waals surface area (Å²) in [6, 6.07) is 11.6. The molecule has 0 saturated carbocycles. The van der Waals surface area contributed by atoms with Gasteiger partial charge >= 0.3 is 0 Å². The Morgan fingerprint density at radius 3 is 2.59 bits per heavy atom. The molecule has 27 heavy (non-hydrogen) atoms. The normalized spacial score (nSPS) is 11.9. The number of halogens is 1. The second-order valence-corrected chi connectivity index (χ2v) is 5.93. The van der Waals surface area contributed by atoms with Gasteiger partial charge in [-0.25, -0.2) is 9.98 Å². The lowest BCUT2D eigenvalue weighted by atomic mass is 10.2. The van der Waals surface area contributed by atoms with Crippen molar-refractivity contribution in [3.8, 4) is 17.4 Å². The lowest BCUT2D eigenvalue weighted by Gasteiger charge is -2.16. The van der Waals surface area contributed by atoms with E-state index in [1.807, 2.05) is 36.4 Å². The molecule has 1 heterocycles. The standard InChI is InChI=1S/C20H28N4O2.HI/c1-5-15(3)24-20(21-6-2)23-14-16-10-11-19(22-13-16)26-18-9-7-8-17(12-18)25-4;/h7-13,15H,5-6,14H2,1-4H3,(H2,21,23,24);1H. The van der Waals surface area contributed by atoms with E-state index >= 15 is 0 Å². The average molecular weight is 484 g/mol. The van der Waals surface area contributed by atoms with Crippen LogP contribution in [0.1, 0.15) is 32.8 Å². The fourth-order valence-electron chi connectivity index (χ4n) is 2.18. The molecule has 6 nitrogen and oxygen atoms in total. The minimum Gasteiger partial charge on any atom is -0.497 e. The zero-order valence-corrected chi connectivity index (χ0v) is 18.7. The summed E-state index contributed by atoms with van der Waals surface area (Å²) < 4.78 is 10.9. The van der Waals surface area contributed by atoms with Gasteiger partial charge in [0.1, 0.15) is 11.5 Å². The third-order valence-electron chi connectivity index (χ3n) is 3.82. The Labute approximate surface area is 178 Å². The van der Waals surface area contributed by atoms with Gasteiger partial charge in [-0.3, -0.25) is 0 Å². The summed E-state index contributed by atoms with van der Waals surface area (Å²) in [5.74, 6) is 2.79. The van der Waals surface area contributed by atoms with Crippen LogP contribution in [0.2, 0.25) is 0 Å². The number of aliphatic imine (C=N–C) groups is 1. The molecule has 2 rings (SSSR count). The van der Waals surface area contributed by atoms with Gasteiger partial charge in [0.25, 0.3) is 0 Å². The van der Waals surface area contributed by atoms with Gasteiger partial charge in [0, 0.05) is 30.9 Å². The summed E-state index contributed by atoms with van der Waals surface area (Å²) >= 11 is 0. The maximum Gasteiger partial charge on any atom is 0.219 e. The number of aromatic nitrogens is 1. The van der Waals surface area contributed by atoms with E-state index in [2.05, 4.69) is 41.4 Å². The molecule has 1 unspecified atom stereocenters. The summed E-state index contributed by atoms with van der Waals surface area (Å²) in [5, 5.41) is 6.63. The summed E-state index contributed by atoms with van der Waals surface area (Å²) in [4.78, 5) is 8.96. The highest BCUT2D eigenvalue weighted by Crippen LogP contribution is 2.23. The molecular formula is C20H29IN4O2. The second kappa shape index (κ2) is 12.4. The molecule has 0 radical (unpaired) electrons. The maximum atomic E-state index is 5.76. The van der Waals surface area contributed by atoms with E-state index in [0.717, 1.165) is 30.2 Å². The van der Waals surface area contributed by atoms with Crippen LogP contribution in [-0.4, -0.2) is 30.6 Å². The van der Waals surface area contributed by atoms with E-state index in [-0.39, 0.29) is 24.0 Å². The van der Waals surface area contributed by atoms with Crippen LogP contribution in [0.3, 0.4) is 0 Å². The number of benzene rings is 1. The molecule has 0 fully saturated rings. The lowest BCUT2D eigenvalue weighted by Crippen LogP contribution is -2.41. The predicted octanol–water partition coefficient (Wildman–Crippen LogP) is 4.35. The first-order chi connectivity index (χ1) is 12.6.